The third kappa shape index (κ3) is 5.41. The van der Waals surface area contributed by atoms with Crippen molar-refractivity contribution in [1.29, 1.82) is 0 Å². The van der Waals surface area contributed by atoms with Crippen molar-refractivity contribution in [3.05, 3.63) is 54.2 Å². The third-order valence-electron chi connectivity index (χ3n) is 3.25. The molecule has 0 unspecified atom stereocenters. The van der Waals surface area contributed by atoms with Gasteiger partial charge in [0.15, 0.2) is 0 Å². The maximum Gasteiger partial charge on any atom is 0.141 e. The van der Waals surface area contributed by atoms with E-state index in [1.807, 2.05) is 18.2 Å². The number of pyridine rings is 1. The number of hydrazine groups is 1. The lowest BCUT2D eigenvalue weighted by Gasteiger charge is -2.17. The van der Waals surface area contributed by atoms with Gasteiger partial charge in [-0.15, -0.1) is 0 Å². The fourth-order valence-corrected chi connectivity index (χ4v) is 2.18. The van der Waals surface area contributed by atoms with E-state index in [4.69, 9.17) is 5.84 Å². The van der Waals surface area contributed by atoms with Crippen LogP contribution in [-0.2, 0) is 6.54 Å². The highest BCUT2D eigenvalue weighted by molar-refractivity contribution is 5.51. The number of anilines is 2. The SMILES string of the molecule is CN(CCCNc1ccnc(NN)c1)Cc1ccccc1. The van der Waals surface area contributed by atoms with E-state index in [1.54, 1.807) is 6.20 Å². The molecule has 1 aromatic heterocycles. The smallest absolute Gasteiger partial charge is 0.141 e. The normalized spacial score (nSPS) is 10.6. The molecule has 0 spiro atoms. The fraction of sp³-hybridized carbons (Fsp3) is 0.312. The highest BCUT2D eigenvalue weighted by atomic mass is 15.2. The van der Waals surface area contributed by atoms with Crippen LogP contribution in [0.5, 0.6) is 0 Å². The van der Waals surface area contributed by atoms with Crippen LogP contribution in [0.15, 0.2) is 48.7 Å². The minimum Gasteiger partial charge on any atom is -0.385 e. The first kappa shape index (κ1) is 15.3. The van der Waals surface area contributed by atoms with E-state index in [1.165, 1.54) is 5.56 Å². The molecular weight excluding hydrogens is 262 g/mol. The molecule has 0 saturated heterocycles. The molecule has 0 bridgehead atoms. The number of benzene rings is 1. The quantitative estimate of drug-likeness (QED) is 0.394. The largest absolute Gasteiger partial charge is 0.385 e. The van der Waals surface area contributed by atoms with Crippen molar-refractivity contribution in [2.24, 2.45) is 5.84 Å². The molecule has 5 heteroatoms. The summed E-state index contributed by atoms with van der Waals surface area (Å²) in [6, 6.07) is 14.4. The number of hydrogen-bond donors (Lipinski definition) is 3. The van der Waals surface area contributed by atoms with E-state index < -0.39 is 0 Å². The zero-order valence-corrected chi connectivity index (χ0v) is 12.4. The van der Waals surface area contributed by atoms with Gasteiger partial charge in [0.25, 0.3) is 0 Å². The minimum absolute atomic E-state index is 0.668. The molecule has 4 N–H and O–H groups in total. The minimum atomic E-state index is 0.668. The van der Waals surface area contributed by atoms with E-state index in [-0.39, 0.29) is 0 Å². The lowest BCUT2D eigenvalue weighted by molar-refractivity contribution is 0.325. The lowest BCUT2D eigenvalue weighted by Crippen LogP contribution is -2.21. The van der Waals surface area contributed by atoms with Crippen LogP contribution in [0.25, 0.3) is 0 Å². The Bertz CT molecular complexity index is 529. The van der Waals surface area contributed by atoms with Crippen LogP contribution in [0.2, 0.25) is 0 Å². The Morgan fingerprint density at radius 3 is 2.76 bits per heavy atom. The van der Waals surface area contributed by atoms with Crippen LogP contribution in [0.3, 0.4) is 0 Å². The van der Waals surface area contributed by atoms with Crippen LogP contribution in [0.1, 0.15) is 12.0 Å². The Labute approximate surface area is 126 Å². The van der Waals surface area contributed by atoms with Crippen LogP contribution in [-0.4, -0.2) is 30.0 Å². The second-order valence-corrected chi connectivity index (χ2v) is 5.08. The van der Waals surface area contributed by atoms with Gasteiger partial charge in [-0.3, -0.25) is 0 Å². The summed E-state index contributed by atoms with van der Waals surface area (Å²) >= 11 is 0. The highest BCUT2D eigenvalue weighted by Gasteiger charge is 2.00. The molecule has 5 nitrogen and oxygen atoms in total. The summed E-state index contributed by atoms with van der Waals surface area (Å²) in [5.74, 6) is 6.01. The first-order valence-electron chi connectivity index (χ1n) is 7.17. The predicted octanol–water partition coefficient (Wildman–Crippen LogP) is 2.30. The number of nitrogens with zero attached hydrogens (tertiary/aromatic N) is 2. The van der Waals surface area contributed by atoms with Gasteiger partial charge >= 0.3 is 0 Å². The Kier molecular flexibility index (Phi) is 5.99. The number of nitrogens with two attached hydrogens (primary N) is 1. The fourth-order valence-electron chi connectivity index (χ4n) is 2.18. The summed E-state index contributed by atoms with van der Waals surface area (Å²) in [5.41, 5.74) is 4.92. The van der Waals surface area contributed by atoms with Gasteiger partial charge in [-0.25, -0.2) is 10.8 Å². The molecule has 1 aromatic carbocycles. The summed E-state index contributed by atoms with van der Waals surface area (Å²) in [6.45, 7) is 2.96. The summed E-state index contributed by atoms with van der Waals surface area (Å²) < 4.78 is 0. The van der Waals surface area contributed by atoms with E-state index in [2.05, 4.69) is 51.9 Å². The van der Waals surface area contributed by atoms with Gasteiger partial charge in [-0.1, -0.05) is 30.3 Å². The van der Waals surface area contributed by atoms with Crippen LogP contribution >= 0.6 is 0 Å². The van der Waals surface area contributed by atoms with Crippen LogP contribution in [0.4, 0.5) is 11.5 Å². The van der Waals surface area contributed by atoms with Crippen molar-refractivity contribution < 1.29 is 0 Å². The first-order chi connectivity index (χ1) is 10.3. The standard InChI is InChI=1S/C16H23N5/c1-21(13-14-6-3-2-4-7-14)11-5-9-18-15-8-10-19-16(12-15)20-17/h2-4,6-8,10,12H,5,9,11,13,17H2,1H3,(H2,18,19,20). The van der Waals surface area contributed by atoms with Gasteiger partial charge in [0.1, 0.15) is 5.82 Å². The molecule has 0 aliphatic carbocycles. The molecule has 0 radical (unpaired) electrons. The molecule has 0 amide bonds. The molecular formula is C16H23N5. The highest BCUT2D eigenvalue weighted by Crippen LogP contribution is 2.10. The van der Waals surface area contributed by atoms with Crippen LogP contribution < -0.4 is 16.6 Å². The molecule has 2 aromatic rings. The lowest BCUT2D eigenvalue weighted by atomic mass is 10.2. The average molecular weight is 285 g/mol. The molecule has 0 aliphatic heterocycles. The van der Waals surface area contributed by atoms with Crippen molar-refractivity contribution in [3.8, 4) is 0 Å². The molecule has 112 valence electrons. The Morgan fingerprint density at radius 2 is 2.00 bits per heavy atom. The van der Waals surface area contributed by atoms with E-state index in [9.17, 15) is 0 Å². The summed E-state index contributed by atoms with van der Waals surface area (Å²) in [6.07, 6.45) is 2.82. The van der Waals surface area contributed by atoms with Gasteiger partial charge in [0.2, 0.25) is 0 Å². The molecule has 1 heterocycles. The van der Waals surface area contributed by atoms with E-state index in [0.717, 1.165) is 31.7 Å². The summed E-state index contributed by atoms with van der Waals surface area (Å²) in [4.78, 5) is 6.41. The maximum absolute atomic E-state index is 5.34. The monoisotopic (exact) mass is 285 g/mol. The molecule has 0 atom stereocenters. The molecule has 2 rings (SSSR count). The first-order valence-corrected chi connectivity index (χ1v) is 7.17. The molecule has 0 aliphatic rings. The Balaban J connectivity index is 1.67. The van der Waals surface area contributed by atoms with Gasteiger partial charge in [-0.05, 0) is 31.6 Å². The second-order valence-electron chi connectivity index (χ2n) is 5.08. The topological polar surface area (TPSA) is 66.2 Å². The number of hydrogen-bond acceptors (Lipinski definition) is 5. The van der Waals surface area contributed by atoms with E-state index in [0.29, 0.717) is 5.82 Å². The van der Waals surface area contributed by atoms with Gasteiger partial charge < -0.3 is 15.6 Å². The van der Waals surface area contributed by atoms with Crippen molar-refractivity contribution in [2.45, 2.75) is 13.0 Å². The Morgan fingerprint density at radius 1 is 1.19 bits per heavy atom. The number of nitrogen functional groups attached to an aromatic ring is 1. The number of aromatic nitrogens is 1. The number of nitrogens with one attached hydrogen (secondary N) is 2. The zero-order valence-electron chi connectivity index (χ0n) is 12.4. The Hall–Kier alpha value is -2.11. The second kappa shape index (κ2) is 8.24. The van der Waals surface area contributed by atoms with Crippen molar-refractivity contribution in [3.63, 3.8) is 0 Å². The van der Waals surface area contributed by atoms with E-state index >= 15 is 0 Å². The summed E-state index contributed by atoms with van der Waals surface area (Å²) in [7, 11) is 2.15. The van der Waals surface area contributed by atoms with Gasteiger partial charge in [0.05, 0.1) is 0 Å². The zero-order chi connectivity index (χ0) is 14.9. The van der Waals surface area contributed by atoms with Crippen molar-refractivity contribution >= 4 is 11.5 Å². The van der Waals surface area contributed by atoms with Crippen molar-refractivity contribution in [2.75, 3.05) is 30.9 Å². The third-order valence-corrected chi connectivity index (χ3v) is 3.25. The predicted molar refractivity (Wildman–Crippen MR) is 87.9 cm³/mol. The van der Waals surface area contributed by atoms with Crippen molar-refractivity contribution in [1.82, 2.24) is 9.88 Å². The van der Waals surface area contributed by atoms with Gasteiger partial charge in [0, 0.05) is 31.0 Å². The molecule has 21 heavy (non-hydrogen) atoms. The van der Waals surface area contributed by atoms with Gasteiger partial charge in [-0.2, -0.15) is 0 Å². The number of rotatable bonds is 8. The summed E-state index contributed by atoms with van der Waals surface area (Å²) in [5, 5.41) is 3.38. The molecule has 0 saturated carbocycles. The molecule has 0 fully saturated rings. The van der Waals surface area contributed by atoms with Crippen LogP contribution in [0, 0.1) is 0 Å². The average Bonchev–Trinajstić information content (AvgIpc) is 2.53. The maximum atomic E-state index is 5.34.